The van der Waals surface area contributed by atoms with Gasteiger partial charge in [-0.2, -0.15) is 0 Å². The highest BCUT2D eigenvalue weighted by Crippen LogP contribution is 2.35. The van der Waals surface area contributed by atoms with Crippen LogP contribution in [0.3, 0.4) is 0 Å². The fraction of sp³-hybridized carbons (Fsp3) is 0.667. The van der Waals surface area contributed by atoms with Crippen LogP contribution in [0.15, 0.2) is 12.4 Å². The molecule has 1 aromatic heterocycles. The van der Waals surface area contributed by atoms with E-state index in [-0.39, 0.29) is 0 Å². The first-order chi connectivity index (χ1) is 7.77. The first-order valence-electron chi connectivity index (χ1n) is 6.02. The van der Waals surface area contributed by atoms with E-state index in [1.165, 1.54) is 0 Å². The van der Waals surface area contributed by atoms with E-state index >= 15 is 0 Å². The molecule has 2 aliphatic heterocycles. The largest absolute Gasteiger partial charge is 0.352 e. The van der Waals surface area contributed by atoms with Gasteiger partial charge in [0, 0.05) is 38.1 Å². The van der Waals surface area contributed by atoms with E-state index in [2.05, 4.69) is 27.1 Å². The van der Waals surface area contributed by atoms with Crippen molar-refractivity contribution >= 4 is 5.82 Å². The summed E-state index contributed by atoms with van der Waals surface area (Å²) in [6.07, 6.45) is 3.56. The molecule has 4 nitrogen and oxygen atoms in total. The summed E-state index contributed by atoms with van der Waals surface area (Å²) in [5, 5.41) is 3.48. The molecule has 4 heteroatoms. The van der Waals surface area contributed by atoms with Gasteiger partial charge in [0.15, 0.2) is 0 Å². The molecule has 0 saturated carbocycles. The maximum absolute atomic E-state index is 4.48. The molecule has 0 radical (unpaired) electrons. The van der Waals surface area contributed by atoms with Crippen molar-refractivity contribution in [3.05, 3.63) is 18.1 Å². The average molecular weight is 218 g/mol. The van der Waals surface area contributed by atoms with Gasteiger partial charge in [0.05, 0.1) is 5.69 Å². The summed E-state index contributed by atoms with van der Waals surface area (Å²) < 4.78 is 0. The molecule has 16 heavy (non-hydrogen) atoms. The van der Waals surface area contributed by atoms with Gasteiger partial charge in [0.2, 0.25) is 0 Å². The summed E-state index contributed by atoms with van der Waals surface area (Å²) >= 11 is 0. The Hall–Kier alpha value is -1.16. The van der Waals surface area contributed by atoms with Crippen LogP contribution in [-0.4, -0.2) is 35.6 Å². The lowest BCUT2D eigenvalue weighted by molar-refractivity contribution is 0.471. The van der Waals surface area contributed by atoms with Crippen molar-refractivity contribution in [3.63, 3.8) is 0 Å². The Labute approximate surface area is 96.1 Å². The van der Waals surface area contributed by atoms with Gasteiger partial charge in [-0.25, -0.2) is 4.98 Å². The average Bonchev–Trinajstić information content (AvgIpc) is 2.83. The van der Waals surface area contributed by atoms with Gasteiger partial charge in [0.25, 0.3) is 0 Å². The SMILES string of the molecule is Cc1nccnc1N1CC2CNCC2C1C. The standard InChI is InChI=1S/C12H18N4/c1-8-12(15-4-3-14-8)16-7-10-5-13-6-11(10)9(16)2/h3-4,9-11,13H,5-7H2,1-2H3. The molecule has 2 saturated heterocycles. The number of hydrogen-bond donors (Lipinski definition) is 1. The Bertz CT molecular complexity index is 392. The molecule has 0 aromatic carbocycles. The Morgan fingerprint density at radius 3 is 2.88 bits per heavy atom. The maximum Gasteiger partial charge on any atom is 0.150 e. The van der Waals surface area contributed by atoms with Crippen LogP contribution in [0, 0.1) is 18.8 Å². The first kappa shape index (κ1) is 10.0. The third kappa shape index (κ3) is 1.40. The van der Waals surface area contributed by atoms with Crippen molar-refractivity contribution in [1.82, 2.24) is 15.3 Å². The number of nitrogens with one attached hydrogen (secondary N) is 1. The zero-order valence-electron chi connectivity index (χ0n) is 9.85. The van der Waals surface area contributed by atoms with Gasteiger partial charge < -0.3 is 10.2 Å². The van der Waals surface area contributed by atoms with Crippen LogP contribution in [0.2, 0.25) is 0 Å². The number of rotatable bonds is 1. The van der Waals surface area contributed by atoms with Crippen molar-refractivity contribution in [2.45, 2.75) is 19.9 Å². The molecular weight excluding hydrogens is 200 g/mol. The van der Waals surface area contributed by atoms with Crippen LogP contribution in [-0.2, 0) is 0 Å². The lowest BCUT2D eigenvalue weighted by Crippen LogP contribution is -2.34. The summed E-state index contributed by atoms with van der Waals surface area (Å²) in [6, 6.07) is 0.579. The molecule has 0 amide bonds. The number of anilines is 1. The third-order valence-electron chi connectivity index (χ3n) is 4.06. The zero-order chi connectivity index (χ0) is 11.1. The molecule has 86 valence electrons. The van der Waals surface area contributed by atoms with Crippen LogP contribution < -0.4 is 10.2 Å². The number of nitrogens with zero attached hydrogens (tertiary/aromatic N) is 3. The first-order valence-corrected chi connectivity index (χ1v) is 6.02. The minimum absolute atomic E-state index is 0.579. The van der Waals surface area contributed by atoms with Gasteiger partial charge >= 0.3 is 0 Å². The third-order valence-corrected chi connectivity index (χ3v) is 4.06. The quantitative estimate of drug-likeness (QED) is 0.758. The van der Waals surface area contributed by atoms with E-state index in [0.717, 1.165) is 43.0 Å². The number of aromatic nitrogens is 2. The Kier molecular flexibility index (Phi) is 2.32. The van der Waals surface area contributed by atoms with E-state index < -0.39 is 0 Å². The molecule has 1 aromatic rings. The number of fused-ring (bicyclic) bond motifs is 1. The lowest BCUT2D eigenvalue weighted by Gasteiger charge is -2.26. The molecule has 3 unspecified atom stereocenters. The number of aryl methyl sites for hydroxylation is 1. The molecule has 1 N–H and O–H groups in total. The van der Waals surface area contributed by atoms with Crippen molar-refractivity contribution in [2.75, 3.05) is 24.5 Å². The highest BCUT2D eigenvalue weighted by atomic mass is 15.3. The van der Waals surface area contributed by atoms with Crippen LogP contribution >= 0.6 is 0 Å². The molecular formula is C12H18N4. The molecule has 0 aliphatic carbocycles. The van der Waals surface area contributed by atoms with E-state index in [0.29, 0.717) is 6.04 Å². The summed E-state index contributed by atoms with van der Waals surface area (Å²) in [4.78, 5) is 11.2. The predicted molar refractivity (Wildman–Crippen MR) is 63.4 cm³/mol. The van der Waals surface area contributed by atoms with Gasteiger partial charge in [-0.05, 0) is 25.7 Å². The van der Waals surface area contributed by atoms with Gasteiger partial charge in [0.1, 0.15) is 5.82 Å². The molecule has 2 aliphatic rings. The van der Waals surface area contributed by atoms with Crippen LogP contribution in [0.25, 0.3) is 0 Å². The summed E-state index contributed by atoms with van der Waals surface area (Å²) in [6.45, 7) is 7.79. The predicted octanol–water partition coefficient (Wildman–Crippen LogP) is 0.829. The fourth-order valence-corrected chi connectivity index (χ4v) is 3.13. The second-order valence-corrected chi connectivity index (χ2v) is 4.94. The lowest BCUT2D eigenvalue weighted by atomic mass is 9.95. The fourth-order valence-electron chi connectivity index (χ4n) is 3.13. The van der Waals surface area contributed by atoms with Crippen molar-refractivity contribution in [2.24, 2.45) is 11.8 Å². The Morgan fingerprint density at radius 2 is 2.12 bits per heavy atom. The molecule has 0 bridgehead atoms. The van der Waals surface area contributed by atoms with Gasteiger partial charge in [-0.15, -0.1) is 0 Å². The van der Waals surface area contributed by atoms with E-state index in [1.54, 1.807) is 12.4 Å². The van der Waals surface area contributed by atoms with E-state index in [1.807, 2.05) is 6.92 Å². The molecule has 3 heterocycles. The molecule has 3 rings (SSSR count). The summed E-state index contributed by atoms with van der Waals surface area (Å²) in [5.74, 6) is 2.64. The Morgan fingerprint density at radius 1 is 1.31 bits per heavy atom. The smallest absolute Gasteiger partial charge is 0.150 e. The van der Waals surface area contributed by atoms with E-state index in [4.69, 9.17) is 0 Å². The monoisotopic (exact) mass is 218 g/mol. The minimum Gasteiger partial charge on any atom is -0.352 e. The van der Waals surface area contributed by atoms with Gasteiger partial charge in [-0.1, -0.05) is 0 Å². The van der Waals surface area contributed by atoms with Crippen molar-refractivity contribution in [1.29, 1.82) is 0 Å². The topological polar surface area (TPSA) is 41.1 Å². The van der Waals surface area contributed by atoms with Gasteiger partial charge in [-0.3, -0.25) is 4.98 Å². The highest BCUT2D eigenvalue weighted by molar-refractivity contribution is 5.45. The molecule has 2 fully saturated rings. The molecule has 3 atom stereocenters. The van der Waals surface area contributed by atoms with Crippen molar-refractivity contribution in [3.8, 4) is 0 Å². The normalized spacial score (nSPS) is 33.1. The number of hydrogen-bond acceptors (Lipinski definition) is 4. The summed E-state index contributed by atoms with van der Waals surface area (Å²) in [5.41, 5.74) is 1.04. The maximum atomic E-state index is 4.48. The zero-order valence-corrected chi connectivity index (χ0v) is 9.85. The second kappa shape index (κ2) is 3.70. The summed E-state index contributed by atoms with van der Waals surface area (Å²) in [7, 11) is 0. The van der Waals surface area contributed by atoms with Crippen molar-refractivity contribution < 1.29 is 0 Å². The Balaban J connectivity index is 1.89. The highest BCUT2D eigenvalue weighted by Gasteiger charge is 2.42. The van der Waals surface area contributed by atoms with E-state index in [9.17, 15) is 0 Å². The van der Waals surface area contributed by atoms with Crippen LogP contribution in [0.1, 0.15) is 12.6 Å². The van der Waals surface area contributed by atoms with Crippen LogP contribution in [0.4, 0.5) is 5.82 Å². The second-order valence-electron chi connectivity index (χ2n) is 4.94. The van der Waals surface area contributed by atoms with Crippen LogP contribution in [0.5, 0.6) is 0 Å². The minimum atomic E-state index is 0.579. The molecule has 0 spiro atoms.